The standard InChI is InChI=1S/C26H30FN7O/c1-4-35-26-29-18(2)23-25(31-26)34(24(30-23)21-13-22(27)15-28-14-21)17-20-7-5-19(6-8-20)16-33-11-9-32(3)10-12-33/h5-8,13-15H,4,9-12,16-17H2,1-3H3. The Kier molecular flexibility index (Phi) is 6.70. The monoisotopic (exact) mass is 475 g/mol. The number of benzene rings is 1. The molecule has 0 unspecified atom stereocenters. The van der Waals surface area contributed by atoms with Crippen LogP contribution in [-0.4, -0.2) is 74.1 Å². The maximum atomic E-state index is 14.0. The number of imidazole rings is 1. The van der Waals surface area contributed by atoms with Crippen molar-refractivity contribution in [2.45, 2.75) is 26.9 Å². The molecular formula is C26H30FN7O. The van der Waals surface area contributed by atoms with Crippen LogP contribution in [0.15, 0.2) is 42.7 Å². The van der Waals surface area contributed by atoms with Gasteiger partial charge < -0.3 is 14.2 Å². The molecule has 0 bridgehead atoms. The third kappa shape index (κ3) is 5.16. The van der Waals surface area contributed by atoms with Gasteiger partial charge in [0.05, 0.1) is 25.0 Å². The van der Waals surface area contributed by atoms with Gasteiger partial charge in [-0.2, -0.15) is 9.97 Å². The van der Waals surface area contributed by atoms with Crippen LogP contribution in [0.4, 0.5) is 4.39 Å². The van der Waals surface area contributed by atoms with Gasteiger partial charge in [-0.3, -0.25) is 9.88 Å². The van der Waals surface area contributed by atoms with Crippen LogP contribution < -0.4 is 4.74 Å². The highest BCUT2D eigenvalue weighted by atomic mass is 19.1. The van der Waals surface area contributed by atoms with Gasteiger partial charge in [0.2, 0.25) is 0 Å². The van der Waals surface area contributed by atoms with Crippen LogP contribution >= 0.6 is 0 Å². The SMILES string of the molecule is CCOc1nc(C)c2nc(-c3cncc(F)c3)n(Cc3ccc(CN4CCN(C)CC4)cc3)c2n1. The minimum atomic E-state index is -0.410. The van der Waals surface area contributed by atoms with Crippen LogP contribution in [0.1, 0.15) is 23.7 Å². The Morgan fingerprint density at radius 3 is 2.34 bits per heavy atom. The summed E-state index contributed by atoms with van der Waals surface area (Å²) in [5, 5.41) is 0. The summed E-state index contributed by atoms with van der Waals surface area (Å²) in [4.78, 5) is 22.7. The maximum Gasteiger partial charge on any atom is 0.318 e. The van der Waals surface area contributed by atoms with Gasteiger partial charge in [0.1, 0.15) is 17.2 Å². The van der Waals surface area contributed by atoms with Crippen LogP contribution in [0.25, 0.3) is 22.6 Å². The number of aromatic nitrogens is 5. The van der Waals surface area contributed by atoms with Gasteiger partial charge in [-0.15, -0.1) is 0 Å². The number of hydrogen-bond acceptors (Lipinski definition) is 7. The fraction of sp³-hybridized carbons (Fsp3) is 0.385. The molecule has 5 rings (SSSR count). The van der Waals surface area contributed by atoms with Crippen LogP contribution in [-0.2, 0) is 13.1 Å². The predicted molar refractivity (Wildman–Crippen MR) is 133 cm³/mol. The molecule has 3 aromatic heterocycles. The average molecular weight is 476 g/mol. The minimum absolute atomic E-state index is 0.310. The molecule has 1 aliphatic rings. The average Bonchev–Trinajstić information content (AvgIpc) is 3.21. The van der Waals surface area contributed by atoms with Crippen molar-refractivity contribution in [2.24, 2.45) is 0 Å². The zero-order valence-corrected chi connectivity index (χ0v) is 20.4. The van der Waals surface area contributed by atoms with E-state index in [4.69, 9.17) is 9.72 Å². The molecule has 0 spiro atoms. The molecule has 0 saturated carbocycles. The smallest absolute Gasteiger partial charge is 0.318 e. The van der Waals surface area contributed by atoms with E-state index in [2.05, 4.69) is 56.1 Å². The Morgan fingerprint density at radius 2 is 1.66 bits per heavy atom. The number of pyridine rings is 1. The number of nitrogens with zero attached hydrogens (tertiary/aromatic N) is 7. The van der Waals surface area contributed by atoms with Crippen molar-refractivity contribution >= 4 is 11.2 Å². The number of aryl methyl sites for hydroxylation is 1. The lowest BCUT2D eigenvalue weighted by molar-refractivity contribution is 0.148. The minimum Gasteiger partial charge on any atom is -0.464 e. The highest BCUT2D eigenvalue weighted by Crippen LogP contribution is 2.27. The Bertz CT molecular complexity index is 1310. The fourth-order valence-corrected chi connectivity index (χ4v) is 4.41. The molecule has 0 atom stereocenters. The summed E-state index contributed by atoms with van der Waals surface area (Å²) in [5.41, 5.74) is 5.02. The summed E-state index contributed by atoms with van der Waals surface area (Å²) in [6.07, 6.45) is 2.81. The van der Waals surface area contributed by atoms with E-state index in [1.54, 1.807) is 6.20 Å². The predicted octanol–water partition coefficient (Wildman–Crippen LogP) is 3.53. The molecule has 1 aliphatic heterocycles. The van der Waals surface area contributed by atoms with E-state index in [1.165, 1.54) is 17.8 Å². The van der Waals surface area contributed by atoms with Crippen molar-refractivity contribution in [2.75, 3.05) is 39.8 Å². The zero-order chi connectivity index (χ0) is 24.4. The number of ether oxygens (including phenoxy) is 1. The topological polar surface area (TPSA) is 72.2 Å². The van der Waals surface area contributed by atoms with Crippen LogP contribution in [0.2, 0.25) is 0 Å². The molecule has 182 valence electrons. The van der Waals surface area contributed by atoms with Gasteiger partial charge in [-0.1, -0.05) is 24.3 Å². The number of piperazine rings is 1. The molecule has 1 saturated heterocycles. The van der Waals surface area contributed by atoms with Crippen molar-refractivity contribution in [3.63, 3.8) is 0 Å². The number of rotatable bonds is 7. The van der Waals surface area contributed by atoms with E-state index in [0.29, 0.717) is 47.4 Å². The summed E-state index contributed by atoms with van der Waals surface area (Å²) in [5.74, 6) is 0.187. The molecule has 0 N–H and O–H groups in total. The summed E-state index contributed by atoms with van der Waals surface area (Å²) < 4.78 is 21.6. The van der Waals surface area contributed by atoms with Crippen molar-refractivity contribution in [3.05, 3.63) is 65.4 Å². The Morgan fingerprint density at radius 1 is 0.943 bits per heavy atom. The quantitative estimate of drug-likeness (QED) is 0.405. The first kappa shape index (κ1) is 23.3. The number of halogens is 1. The molecular weight excluding hydrogens is 445 g/mol. The highest BCUT2D eigenvalue weighted by molar-refractivity contribution is 5.79. The first-order valence-corrected chi connectivity index (χ1v) is 12.0. The van der Waals surface area contributed by atoms with E-state index in [-0.39, 0.29) is 0 Å². The Balaban J connectivity index is 1.48. The van der Waals surface area contributed by atoms with E-state index < -0.39 is 5.82 Å². The second-order valence-corrected chi connectivity index (χ2v) is 9.01. The fourth-order valence-electron chi connectivity index (χ4n) is 4.41. The Labute approximate surface area is 204 Å². The number of likely N-dealkylation sites (N-methyl/N-ethyl adjacent to an activating group) is 1. The third-order valence-electron chi connectivity index (χ3n) is 6.35. The van der Waals surface area contributed by atoms with E-state index in [0.717, 1.165) is 38.3 Å². The molecule has 9 heteroatoms. The summed E-state index contributed by atoms with van der Waals surface area (Å²) in [7, 11) is 2.17. The van der Waals surface area contributed by atoms with Gasteiger partial charge in [0.15, 0.2) is 5.65 Å². The van der Waals surface area contributed by atoms with Crippen LogP contribution in [0.5, 0.6) is 6.01 Å². The lowest BCUT2D eigenvalue weighted by atomic mass is 10.1. The molecule has 4 heterocycles. The van der Waals surface area contributed by atoms with Gasteiger partial charge in [0, 0.05) is 44.5 Å². The molecule has 8 nitrogen and oxygen atoms in total. The second-order valence-electron chi connectivity index (χ2n) is 9.01. The van der Waals surface area contributed by atoms with E-state index in [1.807, 2.05) is 18.4 Å². The molecule has 4 aromatic rings. The molecule has 1 fully saturated rings. The van der Waals surface area contributed by atoms with Crippen LogP contribution in [0, 0.1) is 12.7 Å². The molecule has 1 aromatic carbocycles. The van der Waals surface area contributed by atoms with Crippen molar-refractivity contribution in [3.8, 4) is 17.4 Å². The maximum absolute atomic E-state index is 14.0. The van der Waals surface area contributed by atoms with Gasteiger partial charge in [0.25, 0.3) is 0 Å². The van der Waals surface area contributed by atoms with Gasteiger partial charge >= 0.3 is 6.01 Å². The van der Waals surface area contributed by atoms with E-state index in [9.17, 15) is 4.39 Å². The van der Waals surface area contributed by atoms with Crippen LogP contribution in [0.3, 0.4) is 0 Å². The molecule has 35 heavy (non-hydrogen) atoms. The van der Waals surface area contributed by atoms with Crippen molar-refractivity contribution in [1.82, 2.24) is 34.3 Å². The molecule has 0 radical (unpaired) electrons. The Hall–Kier alpha value is -3.43. The first-order valence-electron chi connectivity index (χ1n) is 12.0. The summed E-state index contributed by atoms with van der Waals surface area (Å²) in [6.45, 7) is 10.1. The van der Waals surface area contributed by atoms with Crippen molar-refractivity contribution < 1.29 is 9.13 Å². The van der Waals surface area contributed by atoms with Gasteiger partial charge in [-0.05, 0) is 38.1 Å². The zero-order valence-electron chi connectivity index (χ0n) is 20.4. The lowest BCUT2D eigenvalue weighted by Gasteiger charge is -2.32. The summed E-state index contributed by atoms with van der Waals surface area (Å²) >= 11 is 0. The second kappa shape index (κ2) is 10.1. The third-order valence-corrected chi connectivity index (χ3v) is 6.35. The molecule has 0 aliphatic carbocycles. The largest absolute Gasteiger partial charge is 0.464 e. The molecule has 0 amide bonds. The normalized spacial score (nSPS) is 15.1. The lowest BCUT2D eigenvalue weighted by Crippen LogP contribution is -2.43. The van der Waals surface area contributed by atoms with Gasteiger partial charge in [-0.25, -0.2) is 9.37 Å². The number of hydrogen-bond donors (Lipinski definition) is 0. The summed E-state index contributed by atoms with van der Waals surface area (Å²) in [6, 6.07) is 10.4. The first-order chi connectivity index (χ1) is 17.0. The van der Waals surface area contributed by atoms with E-state index >= 15 is 0 Å². The number of fused-ring (bicyclic) bond motifs is 1. The van der Waals surface area contributed by atoms with Crippen molar-refractivity contribution in [1.29, 1.82) is 0 Å². The highest BCUT2D eigenvalue weighted by Gasteiger charge is 2.19.